The molecule has 2 aromatic rings. The maximum absolute atomic E-state index is 13.4. The van der Waals surface area contributed by atoms with E-state index in [-0.39, 0.29) is 26.1 Å². The molecule has 1 fully saturated rings. The first-order valence-corrected chi connectivity index (χ1v) is 15.8. The Bertz CT molecular complexity index is 1440. The predicted octanol–water partition coefficient (Wildman–Crippen LogP) is 6.91. The van der Waals surface area contributed by atoms with Crippen LogP contribution < -0.4 is 0 Å². The quantitative estimate of drug-likeness (QED) is 0.149. The number of carbonyl (C=O) groups is 5. The van der Waals surface area contributed by atoms with Crippen molar-refractivity contribution in [2.75, 3.05) is 7.11 Å². The molecule has 0 unspecified atom stereocenters. The Hall–Kier alpha value is -4.87. The van der Waals surface area contributed by atoms with Crippen molar-refractivity contribution in [1.29, 1.82) is 0 Å². The number of allylic oxidation sites excluding steroid dienone is 1. The second-order valence-corrected chi connectivity index (χ2v) is 13.2. The van der Waals surface area contributed by atoms with Crippen LogP contribution in [-0.2, 0) is 46.5 Å². The molecule has 12 nitrogen and oxygen atoms in total. The zero-order valence-corrected chi connectivity index (χ0v) is 28.7. The number of esters is 2. The third-order valence-corrected chi connectivity index (χ3v) is 7.03. The fraction of sp³-hybridized carbons (Fsp3) is 0.472. The van der Waals surface area contributed by atoms with E-state index in [1.165, 1.54) is 11.0 Å². The van der Waals surface area contributed by atoms with Crippen LogP contribution in [0, 0.1) is 0 Å². The van der Waals surface area contributed by atoms with Gasteiger partial charge in [-0.25, -0.2) is 24.0 Å². The van der Waals surface area contributed by atoms with Crippen LogP contribution in [0.15, 0.2) is 72.4 Å². The van der Waals surface area contributed by atoms with Crippen LogP contribution in [0.5, 0.6) is 0 Å². The second-order valence-electron chi connectivity index (χ2n) is 13.2. The zero-order valence-electron chi connectivity index (χ0n) is 28.7. The third kappa shape index (κ3) is 11.4. The van der Waals surface area contributed by atoms with E-state index >= 15 is 0 Å². The lowest BCUT2D eigenvalue weighted by Crippen LogP contribution is -2.47. The van der Waals surface area contributed by atoms with E-state index in [0.29, 0.717) is 23.3 Å². The summed E-state index contributed by atoms with van der Waals surface area (Å²) < 4.78 is 27.0. The number of methoxy groups -OCH3 is 1. The highest BCUT2D eigenvalue weighted by atomic mass is 16.6. The molecule has 3 rings (SSSR count). The van der Waals surface area contributed by atoms with Gasteiger partial charge in [-0.15, -0.1) is 0 Å². The molecule has 1 aliphatic rings. The summed E-state index contributed by atoms with van der Waals surface area (Å²) in [6, 6.07) is 16.6. The molecule has 1 saturated heterocycles. The first kappa shape index (κ1) is 37.6. The number of ether oxygens (including phenoxy) is 5. The van der Waals surface area contributed by atoms with Crippen LogP contribution in [0.2, 0.25) is 0 Å². The monoisotopic (exact) mass is 666 g/mol. The Morgan fingerprint density at radius 1 is 0.771 bits per heavy atom. The van der Waals surface area contributed by atoms with Gasteiger partial charge in [0.1, 0.15) is 36.2 Å². The lowest BCUT2D eigenvalue weighted by atomic mass is 10.1. The largest absolute Gasteiger partial charge is 0.464 e. The van der Waals surface area contributed by atoms with Gasteiger partial charge < -0.3 is 23.7 Å². The second kappa shape index (κ2) is 16.8. The number of hydrogen-bond acceptors (Lipinski definition) is 10. The van der Waals surface area contributed by atoms with Gasteiger partial charge in [0.05, 0.1) is 7.11 Å². The number of amides is 3. The lowest BCUT2D eigenvalue weighted by molar-refractivity contribution is -0.160. The van der Waals surface area contributed by atoms with Gasteiger partial charge in [0.25, 0.3) is 0 Å². The third-order valence-electron chi connectivity index (χ3n) is 7.03. The van der Waals surface area contributed by atoms with Crippen molar-refractivity contribution >= 4 is 30.2 Å². The van der Waals surface area contributed by atoms with Crippen LogP contribution >= 0.6 is 0 Å². The minimum Gasteiger partial charge on any atom is -0.464 e. The molecular formula is C36H46N2O10. The molecule has 2 aromatic carbocycles. The molecule has 0 saturated carbocycles. The maximum atomic E-state index is 13.4. The van der Waals surface area contributed by atoms with Gasteiger partial charge >= 0.3 is 30.2 Å². The van der Waals surface area contributed by atoms with E-state index in [9.17, 15) is 24.0 Å². The predicted molar refractivity (Wildman–Crippen MR) is 175 cm³/mol. The standard InChI is InChI=1S/C36H46N2O10/c1-35(2,3)47-31(40)29-22-21-27(37(29)32(41)45-23-25-15-10-8-11-16-25)19-14-20-28(30(39)44-7)38(34(43)48-36(4,5)6)33(42)46-24-26-17-12-9-13-18-26/h8-13,15-18,20,27,29H,14,19,21-24H2,1-7H3/b28-20+/t27-,29+/m1/s1. The Morgan fingerprint density at radius 3 is 1.83 bits per heavy atom. The van der Waals surface area contributed by atoms with Crippen LogP contribution in [0.1, 0.15) is 78.4 Å². The number of imide groups is 1. The molecular weight excluding hydrogens is 620 g/mol. The molecule has 1 aliphatic heterocycles. The van der Waals surface area contributed by atoms with Crippen molar-refractivity contribution in [1.82, 2.24) is 9.80 Å². The molecule has 0 aliphatic carbocycles. The minimum atomic E-state index is -1.14. The highest BCUT2D eigenvalue weighted by Crippen LogP contribution is 2.31. The summed E-state index contributed by atoms with van der Waals surface area (Å²) >= 11 is 0. The van der Waals surface area contributed by atoms with Gasteiger partial charge in [-0.3, -0.25) is 4.90 Å². The number of carbonyl (C=O) groups excluding carboxylic acids is 5. The summed E-state index contributed by atoms with van der Waals surface area (Å²) in [6.45, 7) is 9.93. The van der Waals surface area contributed by atoms with Gasteiger partial charge in [-0.05, 0) is 78.4 Å². The number of hydrogen-bond donors (Lipinski definition) is 0. The molecule has 260 valence electrons. The average Bonchev–Trinajstić information content (AvgIpc) is 3.45. The summed E-state index contributed by atoms with van der Waals surface area (Å²) in [6.07, 6.45) is -0.464. The van der Waals surface area contributed by atoms with Gasteiger partial charge in [-0.1, -0.05) is 66.7 Å². The molecule has 1 heterocycles. The molecule has 0 radical (unpaired) electrons. The normalized spacial score (nSPS) is 16.5. The fourth-order valence-electron chi connectivity index (χ4n) is 4.98. The molecule has 3 amide bonds. The number of rotatable bonds is 10. The summed E-state index contributed by atoms with van der Waals surface area (Å²) in [5.41, 5.74) is -0.740. The maximum Gasteiger partial charge on any atom is 0.424 e. The molecule has 48 heavy (non-hydrogen) atoms. The number of nitrogens with zero attached hydrogens (tertiary/aromatic N) is 2. The van der Waals surface area contributed by atoms with Gasteiger partial charge in [0.15, 0.2) is 0 Å². The first-order chi connectivity index (χ1) is 22.6. The van der Waals surface area contributed by atoms with Crippen LogP contribution in [-0.4, -0.2) is 70.4 Å². The fourth-order valence-corrected chi connectivity index (χ4v) is 4.98. The molecule has 0 N–H and O–H groups in total. The van der Waals surface area contributed by atoms with Crippen LogP contribution in [0.3, 0.4) is 0 Å². The Labute approximate surface area is 281 Å². The number of likely N-dealkylation sites (tertiary alicyclic amines) is 1. The molecule has 2 atom stereocenters. The zero-order chi connectivity index (χ0) is 35.5. The van der Waals surface area contributed by atoms with Gasteiger partial charge in [0, 0.05) is 6.04 Å². The lowest BCUT2D eigenvalue weighted by Gasteiger charge is -2.30. The minimum absolute atomic E-state index is 0.00622. The highest BCUT2D eigenvalue weighted by Gasteiger charge is 2.43. The Balaban J connectivity index is 1.86. The van der Waals surface area contributed by atoms with Crippen molar-refractivity contribution in [2.45, 2.75) is 104 Å². The Morgan fingerprint density at radius 2 is 1.31 bits per heavy atom. The molecule has 0 aromatic heterocycles. The van der Waals surface area contributed by atoms with E-state index < -0.39 is 59.2 Å². The summed E-state index contributed by atoms with van der Waals surface area (Å²) in [5.74, 6) is -1.53. The van der Waals surface area contributed by atoms with E-state index in [4.69, 9.17) is 23.7 Å². The van der Waals surface area contributed by atoms with Crippen molar-refractivity contribution in [3.8, 4) is 0 Å². The van der Waals surface area contributed by atoms with E-state index in [1.807, 2.05) is 30.3 Å². The molecule has 0 bridgehead atoms. The molecule has 12 heteroatoms. The van der Waals surface area contributed by atoms with E-state index in [2.05, 4.69) is 0 Å². The van der Waals surface area contributed by atoms with Gasteiger partial charge in [-0.2, -0.15) is 4.90 Å². The molecule has 0 spiro atoms. The van der Waals surface area contributed by atoms with Crippen molar-refractivity contribution in [3.63, 3.8) is 0 Å². The van der Waals surface area contributed by atoms with Crippen LogP contribution in [0.4, 0.5) is 14.4 Å². The smallest absolute Gasteiger partial charge is 0.424 e. The van der Waals surface area contributed by atoms with Crippen molar-refractivity contribution in [2.24, 2.45) is 0 Å². The van der Waals surface area contributed by atoms with Crippen LogP contribution in [0.25, 0.3) is 0 Å². The summed E-state index contributed by atoms with van der Waals surface area (Å²) in [5, 5.41) is 0. The number of benzene rings is 2. The van der Waals surface area contributed by atoms with E-state index in [0.717, 1.165) is 12.7 Å². The van der Waals surface area contributed by atoms with Crippen molar-refractivity contribution in [3.05, 3.63) is 83.6 Å². The van der Waals surface area contributed by atoms with Crippen molar-refractivity contribution < 1.29 is 47.7 Å². The van der Waals surface area contributed by atoms with E-state index in [1.54, 1.807) is 71.9 Å². The highest BCUT2D eigenvalue weighted by molar-refractivity contribution is 6.01. The Kier molecular flexibility index (Phi) is 13.2. The topological polar surface area (TPSA) is 138 Å². The summed E-state index contributed by atoms with van der Waals surface area (Å²) in [4.78, 5) is 68.1. The summed E-state index contributed by atoms with van der Waals surface area (Å²) in [7, 11) is 1.12. The average molecular weight is 667 g/mol. The first-order valence-electron chi connectivity index (χ1n) is 15.8. The van der Waals surface area contributed by atoms with Gasteiger partial charge in [0.2, 0.25) is 0 Å². The SMILES string of the molecule is COC(=O)/C(=C\CC[C@@H]1CC[C@@H](C(=O)OC(C)(C)C)N1C(=O)OCc1ccccc1)N(C(=O)OCc1ccccc1)C(=O)OC(C)(C)C.